The van der Waals surface area contributed by atoms with E-state index in [0.29, 0.717) is 12.5 Å². The maximum absolute atomic E-state index is 12.4. The smallest absolute Gasteiger partial charge is 0.231 e. The Morgan fingerprint density at radius 1 is 1.32 bits per heavy atom. The summed E-state index contributed by atoms with van der Waals surface area (Å²) < 4.78 is 5.47. The highest BCUT2D eigenvalue weighted by Gasteiger charge is 2.36. The molecule has 3 rings (SSSR count). The van der Waals surface area contributed by atoms with E-state index >= 15 is 0 Å². The lowest BCUT2D eigenvalue weighted by atomic mass is 10.0. The number of benzene rings is 1. The topological polar surface area (TPSA) is 41.6 Å². The average molecular weight is 260 g/mol. The molecule has 2 heterocycles. The van der Waals surface area contributed by atoms with E-state index in [1.807, 2.05) is 17.0 Å². The summed E-state index contributed by atoms with van der Waals surface area (Å²) >= 11 is 0. The van der Waals surface area contributed by atoms with Gasteiger partial charge >= 0.3 is 0 Å². The molecular formula is C15H20N2O2. The van der Waals surface area contributed by atoms with Crippen molar-refractivity contribution in [3.63, 3.8) is 0 Å². The van der Waals surface area contributed by atoms with Gasteiger partial charge in [-0.15, -0.1) is 0 Å². The molecule has 1 fully saturated rings. The molecule has 2 aliphatic rings. The number of hydrogen-bond donors (Lipinski definition) is 1. The molecule has 1 aromatic carbocycles. The van der Waals surface area contributed by atoms with Crippen LogP contribution < -0.4 is 15.0 Å². The van der Waals surface area contributed by atoms with Crippen molar-refractivity contribution in [2.75, 3.05) is 25.1 Å². The van der Waals surface area contributed by atoms with Crippen LogP contribution in [-0.4, -0.2) is 32.1 Å². The van der Waals surface area contributed by atoms with Gasteiger partial charge in [0.2, 0.25) is 5.91 Å². The fraction of sp³-hybridized carbons (Fsp3) is 0.533. The highest BCUT2D eigenvalue weighted by molar-refractivity contribution is 6.04. The van der Waals surface area contributed by atoms with E-state index in [1.54, 1.807) is 7.11 Å². The first-order valence-corrected chi connectivity index (χ1v) is 6.91. The number of carbonyl (C=O) groups excluding carboxylic acids is 1. The largest absolute Gasteiger partial charge is 0.495 e. The van der Waals surface area contributed by atoms with E-state index < -0.39 is 0 Å². The molecule has 1 saturated heterocycles. The quantitative estimate of drug-likeness (QED) is 0.879. The highest BCUT2D eigenvalue weighted by Crippen LogP contribution is 2.41. The van der Waals surface area contributed by atoms with Crippen molar-refractivity contribution in [2.45, 2.75) is 32.2 Å². The first-order chi connectivity index (χ1) is 9.22. The van der Waals surface area contributed by atoms with Gasteiger partial charge in [0, 0.05) is 6.04 Å². The highest BCUT2D eigenvalue weighted by atomic mass is 16.5. The zero-order valence-electron chi connectivity index (χ0n) is 11.5. The number of anilines is 1. The first kappa shape index (κ1) is 12.5. The molecule has 19 heavy (non-hydrogen) atoms. The molecular weight excluding hydrogens is 240 g/mol. The molecule has 2 aliphatic heterocycles. The third-order valence-electron chi connectivity index (χ3n) is 4.21. The van der Waals surface area contributed by atoms with E-state index in [-0.39, 0.29) is 5.91 Å². The van der Waals surface area contributed by atoms with Crippen molar-refractivity contribution in [1.29, 1.82) is 0 Å². The zero-order chi connectivity index (χ0) is 13.4. The van der Waals surface area contributed by atoms with Crippen molar-refractivity contribution in [3.8, 4) is 5.75 Å². The van der Waals surface area contributed by atoms with E-state index in [1.165, 1.54) is 5.56 Å². The fourth-order valence-corrected chi connectivity index (χ4v) is 3.18. The van der Waals surface area contributed by atoms with Gasteiger partial charge in [0.25, 0.3) is 0 Å². The van der Waals surface area contributed by atoms with Crippen LogP contribution in [-0.2, 0) is 11.2 Å². The summed E-state index contributed by atoms with van der Waals surface area (Å²) in [5, 5.41) is 3.35. The van der Waals surface area contributed by atoms with Crippen molar-refractivity contribution in [2.24, 2.45) is 0 Å². The third-order valence-corrected chi connectivity index (χ3v) is 4.21. The maximum atomic E-state index is 12.4. The summed E-state index contributed by atoms with van der Waals surface area (Å²) in [5.74, 6) is 1.04. The van der Waals surface area contributed by atoms with Crippen LogP contribution in [0.5, 0.6) is 5.75 Å². The van der Waals surface area contributed by atoms with Crippen LogP contribution in [0.3, 0.4) is 0 Å². The number of amides is 1. The number of fused-ring (bicyclic) bond motifs is 1. The Morgan fingerprint density at radius 3 is 2.74 bits per heavy atom. The second-order valence-electron chi connectivity index (χ2n) is 5.33. The number of nitrogens with zero attached hydrogens (tertiary/aromatic N) is 1. The van der Waals surface area contributed by atoms with Crippen LogP contribution in [0.1, 0.15) is 24.0 Å². The monoisotopic (exact) mass is 260 g/mol. The Morgan fingerprint density at radius 2 is 2.05 bits per heavy atom. The number of methoxy groups -OCH3 is 1. The second-order valence-corrected chi connectivity index (χ2v) is 5.33. The van der Waals surface area contributed by atoms with Gasteiger partial charge in [0.05, 0.1) is 19.2 Å². The van der Waals surface area contributed by atoms with Gasteiger partial charge in [-0.3, -0.25) is 4.79 Å². The lowest BCUT2D eigenvalue weighted by Crippen LogP contribution is -2.44. The molecule has 0 unspecified atom stereocenters. The fourth-order valence-electron chi connectivity index (χ4n) is 3.18. The van der Waals surface area contributed by atoms with Gasteiger partial charge in [-0.2, -0.15) is 0 Å². The van der Waals surface area contributed by atoms with Crippen LogP contribution in [0.4, 0.5) is 5.69 Å². The lowest BCUT2D eigenvalue weighted by molar-refractivity contribution is -0.117. The summed E-state index contributed by atoms with van der Waals surface area (Å²) in [6.45, 7) is 4.04. The van der Waals surface area contributed by atoms with Crippen molar-refractivity contribution in [3.05, 3.63) is 23.3 Å². The number of hydrogen-bond acceptors (Lipinski definition) is 3. The Labute approximate surface area is 113 Å². The Kier molecular flexibility index (Phi) is 3.19. The predicted molar refractivity (Wildman–Crippen MR) is 74.8 cm³/mol. The number of aryl methyl sites for hydroxylation is 1. The molecule has 1 aromatic rings. The minimum absolute atomic E-state index is 0.217. The van der Waals surface area contributed by atoms with Gasteiger partial charge < -0.3 is 15.0 Å². The minimum Gasteiger partial charge on any atom is -0.495 e. The number of piperidine rings is 1. The number of ether oxygens (including phenoxy) is 1. The van der Waals surface area contributed by atoms with E-state index in [9.17, 15) is 4.79 Å². The Hall–Kier alpha value is -1.55. The molecule has 0 spiro atoms. The summed E-state index contributed by atoms with van der Waals surface area (Å²) in [6, 6.07) is 4.32. The van der Waals surface area contributed by atoms with Crippen LogP contribution in [0.2, 0.25) is 0 Å². The van der Waals surface area contributed by atoms with Gasteiger partial charge in [0.15, 0.2) is 0 Å². The molecule has 0 radical (unpaired) electrons. The standard InChI is InChI=1S/C15H20N2O2/c1-10-3-4-13(19-2)15-12(10)9-14(18)17(15)11-5-7-16-8-6-11/h3-4,11,16H,5-9H2,1-2H3. The number of carbonyl (C=O) groups is 1. The SMILES string of the molecule is COc1ccc(C)c2c1N(C1CCNCC1)C(=O)C2. The summed E-state index contributed by atoms with van der Waals surface area (Å²) in [7, 11) is 1.67. The minimum atomic E-state index is 0.217. The Bertz CT molecular complexity index is 507. The average Bonchev–Trinajstić information content (AvgIpc) is 2.78. The third kappa shape index (κ3) is 2.00. The van der Waals surface area contributed by atoms with E-state index in [0.717, 1.165) is 42.9 Å². The molecule has 4 nitrogen and oxygen atoms in total. The summed E-state index contributed by atoms with van der Waals surface area (Å²) in [6.07, 6.45) is 2.55. The van der Waals surface area contributed by atoms with Crippen molar-refractivity contribution in [1.82, 2.24) is 5.32 Å². The molecule has 0 aromatic heterocycles. The first-order valence-electron chi connectivity index (χ1n) is 6.91. The van der Waals surface area contributed by atoms with Gasteiger partial charge in [0.1, 0.15) is 5.75 Å². The molecule has 1 N–H and O–H groups in total. The number of rotatable bonds is 2. The van der Waals surface area contributed by atoms with E-state index in [4.69, 9.17) is 4.74 Å². The van der Waals surface area contributed by atoms with Crippen LogP contribution in [0, 0.1) is 6.92 Å². The summed E-state index contributed by atoms with van der Waals surface area (Å²) in [5.41, 5.74) is 3.34. The van der Waals surface area contributed by atoms with Gasteiger partial charge in [-0.05, 0) is 50.0 Å². The van der Waals surface area contributed by atoms with Gasteiger partial charge in [-0.1, -0.05) is 6.07 Å². The zero-order valence-corrected chi connectivity index (χ0v) is 11.5. The van der Waals surface area contributed by atoms with Crippen molar-refractivity contribution >= 4 is 11.6 Å². The Balaban J connectivity index is 2.04. The van der Waals surface area contributed by atoms with Crippen molar-refractivity contribution < 1.29 is 9.53 Å². The molecule has 0 saturated carbocycles. The van der Waals surface area contributed by atoms with E-state index in [2.05, 4.69) is 12.2 Å². The molecule has 4 heteroatoms. The molecule has 1 amide bonds. The van der Waals surface area contributed by atoms with Crippen LogP contribution in [0.15, 0.2) is 12.1 Å². The molecule has 0 bridgehead atoms. The number of nitrogens with one attached hydrogen (secondary N) is 1. The van der Waals surface area contributed by atoms with Crippen LogP contribution in [0.25, 0.3) is 0 Å². The van der Waals surface area contributed by atoms with Gasteiger partial charge in [-0.25, -0.2) is 0 Å². The second kappa shape index (κ2) is 4.85. The normalized spacial score (nSPS) is 19.7. The maximum Gasteiger partial charge on any atom is 0.231 e. The molecule has 0 aliphatic carbocycles. The molecule has 0 atom stereocenters. The molecule has 102 valence electrons. The summed E-state index contributed by atoms with van der Waals surface area (Å²) in [4.78, 5) is 14.4. The van der Waals surface area contributed by atoms with Crippen LogP contribution >= 0.6 is 0 Å². The lowest BCUT2D eigenvalue weighted by Gasteiger charge is -2.32. The predicted octanol–water partition coefficient (Wildman–Crippen LogP) is 1.64.